The number of aryl methyl sites for hydroxylation is 1. The Morgan fingerprint density at radius 1 is 1.20 bits per heavy atom. The first-order chi connectivity index (χ1) is 12.0. The predicted octanol–water partition coefficient (Wildman–Crippen LogP) is 1.86. The second kappa shape index (κ2) is 8.77. The van der Waals surface area contributed by atoms with E-state index in [-0.39, 0.29) is 12.2 Å². The van der Waals surface area contributed by atoms with Gasteiger partial charge in [-0.2, -0.15) is 0 Å². The standard InChI is InChI=1S/C18H21N3O4/c1-3-25-15-6-4-13(5-7-15)8-14(18(23)24)10-21-17(22)16-11-19-12(2)9-20-16/h4-7,9,11,14H,3,8,10H2,1-2H3,(H,21,22)(H,23,24). The molecular weight excluding hydrogens is 322 g/mol. The number of amides is 1. The summed E-state index contributed by atoms with van der Waals surface area (Å²) in [5.41, 5.74) is 1.73. The Morgan fingerprint density at radius 2 is 1.92 bits per heavy atom. The summed E-state index contributed by atoms with van der Waals surface area (Å²) >= 11 is 0. The summed E-state index contributed by atoms with van der Waals surface area (Å²) in [6, 6.07) is 7.26. The van der Waals surface area contributed by atoms with Crippen LogP contribution in [0.5, 0.6) is 5.75 Å². The van der Waals surface area contributed by atoms with E-state index in [9.17, 15) is 14.7 Å². The van der Waals surface area contributed by atoms with E-state index in [1.165, 1.54) is 12.4 Å². The van der Waals surface area contributed by atoms with E-state index in [2.05, 4.69) is 15.3 Å². The van der Waals surface area contributed by atoms with Crippen molar-refractivity contribution in [1.29, 1.82) is 0 Å². The number of nitrogens with zero attached hydrogens (tertiary/aromatic N) is 2. The molecule has 1 amide bonds. The topological polar surface area (TPSA) is 101 Å². The fourth-order valence-electron chi connectivity index (χ4n) is 2.24. The lowest BCUT2D eigenvalue weighted by molar-refractivity contribution is -0.141. The monoisotopic (exact) mass is 343 g/mol. The average molecular weight is 343 g/mol. The molecule has 2 aromatic rings. The molecule has 0 saturated heterocycles. The number of carbonyl (C=O) groups is 2. The Balaban J connectivity index is 1.95. The highest BCUT2D eigenvalue weighted by atomic mass is 16.5. The Morgan fingerprint density at radius 3 is 2.48 bits per heavy atom. The van der Waals surface area contributed by atoms with Gasteiger partial charge in [-0.3, -0.25) is 14.6 Å². The van der Waals surface area contributed by atoms with Crippen LogP contribution in [-0.2, 0) is 11.2 Å². The van der Waals surface area contributed by atoms with Gasteiger partial charge in [0.05, 0.1) is 24.4 Å². The molecule has 25 heavy (non-hydrogen) atoms. The van der Waals surface area contributed by atoms with Crippen LogP contribution >= 0.6 is 0 Å². The highest BCUT2D eigenvalue weighted by Gasteiger charge is 2.20. The van der Waals surface area contributed by atoms with Crippen molar-refractivity contribution < 1.29 is 19.4 Å². The number of carboxylic acid groups (broad SMARTS) is 1. The van der Waals surface area contributed by atoms with Crippen molar-refractivity contribution in [3.8, 4) is 5.75 Å². The van der Waals surface area contributed by atoms with Gasteiger partial charge in [0.1, 0.15) is 11.4 Å². The van der Waals surface area contributed by atoms with Gasteiger partial charge >= 0.3 is 5.97 Å². The third-order valence-electron chi connectivity index (χ3n) is 3.59. The number of hydrogen-bond donors (Lipinski definition) is 2. The molecular formula is C18H21N3O4. The van der Waals surface area contributed by atoms with Gasteiger partial charge in [-0.05, 0) is 38.0 Å². The SMILES string of the molecule is CCOc1ccc(CC(CNC(=O)c2cnc(C)cn2)C(=O)O)cc1. The Bertz CT molecular complexity index is 714. The minimum Gasteiger partial charge on any atom is -0.494 e. The van der Waals surface area contributed by atoms with Crippen LogP contribution in [0.25, 0.3) is 0 Å². The fraction of sp³-hybridized carbons (Fsp3) is 0.333. The molecule has 1 heterocycles. The van der Waals surface area contributed by atoms with Crippen LogP contribution in [0.3, 0.4) is 0 Å². The molecule has 0 saturated carbocycles. The van der Waals surface area contributed by atoms with Crippen molar-refractivity contribution in [2.45, 2.75) is 20.3 Å². The normalized spacial score (nSPS) is 11.6. The average Bonchev–Trinajstić information content (AvgIpc) is 2.60. The van der Waals surface area contributed by atoms with Crippen molar-refractivity contribution in [3.05, 3.63) is 53.6 Å². The Labute approximate surface area is 146 Å². The second-order valence-corrected chi connectivity index (χ2v) is 5.57. The molecule has 2 rings (SSSR count). The zero-order valence-electron chi connectivity index (χ0n) is 14.2. The number of aliphatic carboxylic acids is 1. The van der Waals surface area contributed by atoms with Gasteiger partial charge in [-0.25, -0.2) is 4.98 Å². The highest BCUT2D eigenvalue weighted by molar-refractivity contribution is 5.92. The summed E-state index contributed by atoms with van der Waals surface area (Å²) in [6.45, 7) is 4.25. The summed E-state index contributed by atoms with van der Waals surface area (Å²) in [7, 11) is 0. The van der Waals surface area contributed by atoms with E-state index >= 15 is 0 Å². The van der Waals surface area contributed by atoms with E-state index in [1.54, 1.807) is 19.1 Å². The van der Waals surface area contributed by atoms with Gasteiger partial charge in [-0.1, -0.05) is 12.1 Å². The van der Waals surface area contributed by atoms with Crippen molar-refractivity contribution in [2.24, 2.45) is 5.92 Å². The van der Waals surface area contributed by atoms with Crippen LogP contribution in [0.4, 0.5) is 0 Å². The molecule has 1 aromatic heterocycles. The van der Waals surface area contributed by atoms with Crippen LogP contribution in [0, 0.1) is 12.8 Å². The first-order valence-corrected chi connectivity index (χ1v) is 8.01. The molecule has 7 nitrogen and oxygen atoms in total. The number of carbonyl (C=O) groups excluding carboxylic acids is 1. The molecule has 0 aliphatic rings. The predicted molar refractivity (Wildman–Crippen MR) is 91.5 cm³/mol. The molecule has 0 spiro atoms. The van der Waals surface area contributed by atoms with E-state index in [0.717, 1.165) is 11.3 Å². The number of hydrogen-bond acceptors (Lipinski definition) is 5. The summed E-state index contributed by atoms with van der Waals surface area (Å²) < 4.78 is 5.36. The van der Waals surface area contributed by atoms with Crippen molar-refractivity contribution in [2.75, 3.05) is 13.2 Å². The minimum absolute atomic E-state index is 0.0108. The second-order valence-electron chi connectivity index (χ2n) is 5.57. The molecule has 0 fully saturated rings. The minimum atomic E-state index is -0.968. The lowest BCUT2D eigenvalue weighted by Gasteiger charge is -2.14. The molecule has 1 atom stereocenters. The number of nitrogens with one attached hydrogen (secondary N) is 1. The molecule has 1 unspecified atom stereocenters. The van der Waals surface area contributed by atoms with Gasteiger partial charge in [-0.15, -0.1) is 0 Å². The smallest absolute Gasteiger partial charge is 0.308 e. The molecule has 0 radical (unpaired) electrons. The fourth-order valence-corrected chi connectivity index (χ4v) is 2.24. The summed E-state index contributed by atoms with van der Waals surface area (Å²) in [5.74, 6) is -1.40. The zero-order valence-corrected chi connectivity index (χ0v) is 14.2. The molecule has 0 aliphatic heterocycles. The van der Waals surface area contributed by atoms with E-state index < -0.39 is 17.8 Å². The molecule has 0 aliphatic carbocycles. The molecule has 7 heteroatoms. The molecule has 2 N–H and O–H groups in total. The lowest BCUT2D eigenvalue weighted by atomic mass is 9.99. The zero-order chi connectivity index (χ0) is 18.2. The van der Waals surface area contributed by atoms with Crippen LogP contribution in [-0.4, -0.2) is 40.1 Å². The van der Waals surface area contributed by atoms with Crippen molar-refractivity contribution in [3.63, 3.8) is 0 Å². The van der Waals surface area contributed by atoms with Crippen LogP contribution in [0.15, 0.2) is 36.7 Å². The first-order valence-electron chi connectivity index (χ1n) is 8.01. The van der Waals surface area contributed by atoms with Crippen LogP contribution in [0.1, 0.15) is 28.7 Å². The van der Waals surface area contributed by atoms with Gasteiger partial charge < -0.3 is 15.2 Å². The first kappa shape index (κ1) is 18.4. The Kier molecular flexibility index (Phi) is 6.45. The molecule has 0 bridgehead atoms. The maximum atomic E-state index is 12.0. The summed E-state index contributed by atoms with van der Waals surface area (Å²) in [4.78, 5) is 31.5. The lowest BCUT2D eigenvalue weighted by Crippen LogP contribution is -2.34. The maximum absolute atomic E-state index is 12.0. The third-order valence-corrected chi connectivity index (χ3v) is 3.59. The van der Waals surface area contributed by atoms with Crippen molar-refractivity contribution >= 4 is 11.9 Å². The Hall–Kier alpha value is -2.96. The quantitative estimate of drug-likeness (QED) is 0.758. The largest absolute Gasteiger partial charge is 0.494 e. The van der Waals surface area contributed by atoms with Crippen molar-refractivity contribution in [1.82, 2.24) is 15.3 Å². The van der Waals surface area contributed by atoms with Gasteiger partial charge in [0.2, 0.25) is 0 Å². The van der Waals surface area contributed by atoms with E-state index in [4.69, 9.17) is 4.74 Å². The van der Waals surface area contributed by atoms with E-state index in [1.807, 2.05) is 19.1 Å². The van der Waals surface area contributed by atoms with Crippen LogP contribution < -0.4 is 10.1 Å². The molecule has 132 valence electrons. The summed E-state index contributed by atoms with van der Waals surface area (Å²) in [6.07, 6.45) is 3.16. The van der Waals surface area contributed by atoms with E-state index in [0.29, 0.717) is 18.7 Å². The van der Waals surface area contributed by atoms with Gasteiger partial charge in [0.15, 0.2) is 0 Å². The highest BCUT2D eigenvalue weighted by Crippen LogP contribution is 2.15. The number of ether oxygens (including phenoxy) is 1. The number of aromatic nitrogens is 2. The van der Waals surface area contributed by atoms with Crippen LogP contribution in [0.2, 0.25) is 0 Å². The third kappa shape index (κ3) is 5.56. The molecule has 1 aromatic carbocycles. The maximum Gasteiger partial charge on any atom is 0.308 e. The number of rotatable bonds is 8. The van der Waals surface area contributed by atoms with Gasteiger partial charge in [0.25, 0.3) is 5.91 Å². The number of benzene rings is 1. The van der Waals surface area contributed by atoms with Gasteiger partial charge in [0, 0.05) is 12.7 Å². The number of carboxylic acids is 1. The summed E-state index contributed by atoms with van der Waals surface area (Å²) in [5, 5.41) is 12.0.